The summed E-state index contributed by atoms with van der Waals surface area (Å²) in [6, 6.07) is 7.43. The number of halogens is 1. The first-order valence-corrected chi connectivity index (χ1v) is 8.38. The number of rotatable bonds is 4. The minimum absolute atomic E-state index is 0.158. The van der Waals surface area contributed by atoms with Gasteiger partial charge >= 0.3 is 0 Å². The van der Waals surface area contributed by atoms with Crippen LogP contribution in [0.15, 0.2) is 28.8 Å². The minimum Gasteiger partial charge on any atom is -0.342 e. The summed E-state index contributed by atoms with van der Waals surface area (Å²) in [5, 5.41) is 4.64. The molecule has 0 unspecified atom stereocenters. The molecule has 6 heteroatoms. The number of likely N-dealkylation sites (tertiary alicyclic amines) is 1. The Morgan fingerprint density at radius 1 is 1.30 bits per heavy atom. The first-order chi connectivity index (χ1) is 11.2. The van der Waals surface area contributed by atoms with Crippen molar-refractivity contribution in [3.8, 4) is 0 Å². The molecular weight excluding hydrogens is 314 g/mol. The molecule has 0 spiro atoms. The minimum atomic E-state index is 0.158. The molecule has 0 N–H and O–H groups in total. The van der Waals surface area contributed by atoms with Gasteiger partial charge < -0.3 is 9.42 Å². The third kappa shape index (κ3) is 3.91. The molecule has 0 radical (unpaired) electrons. The van der Waals surface area contributed by atoms with Gasteiger partial charge in [-0.2, -0.15) is 4.98 Å². The maximum absolute atomic E-state index is 12.4. The smallest absolute Gasteiger partial charge is 0.229 e. The highest BCUT2D eigenvalue weighted by atomic mass is 35.5. The topological polar surface area (TPSA) is 59.2 Å². The molecule has 0 bridgehead atoms. The molecule has 5 nitrogen and oxygen atoms in total. The normalized spacial score (nSPS) is 15.8. The van der Waals surface area contributed by atoms with Gasteiger partial charge in [0.1, 0.15) is 0 Å². The largest absolute Gasteiger partial charge is 0.342 e. The first-order valence-electron chi connectivity index (χ1n) is 8.00. The number of benzene rings is 1. The number of piperidine rings is 1. The van der Waals surface area contributed by atoms with Crippen LogP contribution in [0.1, 0.15) is 43.0 Å². The zero-order chi connectivity index (χ0) is 16.2. The lowest BCUT2D eigenvalue weighted by Crippen LogP contribution is -2.38. The summed E-state index contributed by atoms with van der Waals surface area (Å²) in [7, 11) is 0. The van der Waals surface area contributed by atoms with Crippen LogP contribution < -0.4 is 0 Å². The number of aromatic nitrogens is 2. The summed E-state index contributed by atoms with van der Waals surface area (Å²) < 4.78 is 5.32. The molecule has 23 heavy (non-hydrogen) atoms. The van der Waals surface area contributed by atoms with Crippen molar-refractivity contribution in [3.63, 3.8) is 0 Å². The van der Waals surface area contributed by atoms with E-state index in [1.807, 2.05) is 36.1 Å². The lowest BCUT2D eigenvalue weighted by Gasteiger charge is -2.30. The number of nitrogens with zero attached hydrogens (tertiary/aromatic N) is 3. The molecule has 0 aliphatic carbocycles. The second-order valence-corrected chi connectivity index (χ2v) is 6.30. The van der Waals surface area contributed by atoms with Crippen molar-refractivity contribution in [3.05, 3.63) is 46.6 Å². The molecule has 122 valence electrons. The van der Waals surface area contributed by atoms with E-state index in [0.29, 0.717) is 17.3 Å². The third-order valence-corrected chi connectivity index (χ3v) is 4.52. The maximum atomic E-state index is 12.4. The van der Waals surface area contributed by atoms with Crippen molar-refractivity contribution in [2.45, 2.75) is 38.5 Å². The molecule has 1 aliphatic rings. The van der Waals surface area contributed by atoms with Gasteiger partial charge in [-0.3, -0.25) is 4.79 Å². The Balaban J connectivity index is 1.53. The van der Waals surface area contributed by atoms with E-state index >= 15 is 0 Å². The van der Waals surface area contributed by atoms with Crippen LogP contribution in [0.4, 0.5) is 0 Å². The fraction of sp³-hybridized carbons (Fsp3) is 0.471. The Hall–Kier alpha value is -1.88. The second kappa shape index (κ2) is 7.13. The fourth-order valence-corrected chi connectivity index (χ4v) is 2.97. The number of amides is 1. The number of aryl methyl sites for hydroxylation is 1. The van der Waals surface area contributed by atoms with Gasteiger partial charge in [0.25, 0.3) is 0 Å². The van der Waals surface area contributed by atoms with E-state index in [0.717, 1.165) is 43.7 Å². The Kier molecular flexibility index (Phi) is 4.96. The summed E-state index contributed by atoms with van der Waals surface area (Å²) in [6.07, 6.45) is 2.94. The van der Waals surface area contributed by atoms with Crippen molar-refractivity contribution in [2.75, 3.05) is 13.1 Å². The number of hydrogen-bond acceptors (Lipinski definition) is 4. The van der Waals surface area contributed by atoms with Gasteiger partial charge in [0.15, 0.2) is 5.82 Å². The molecule has 2 heterocycles. The van der Waals surface area contributed by atoms with Crippen LogP contribution >= 0.6 is 11.6 Å². The Labute approximate surface area is 140 Å². The van der Waals surface area contributed by atoms with Gasteiger partial charge in [0, 0.05) is 30.5 Å². The third-order valence-electron chi connectivity index (χ3n) is 4.27. The van der Waals surface area contributed by atoms with Gasteiger partial charge in [-0.05, 0) is 30.5 Å². The molecule has 1 aromatic carbocycles. The van der Waals surface area contributed by atoms with Crippen LogP contribution in [-0.4, -0.2) is 34.0 Å². The highest BCUT2D eigenvalue weighted by Gasteiger charge is 2.27. The van der Waals surface area contributed by atoms with Crippen molar-refractivity contribution < 1.29 is 9.32 Å². The quantitative estimate of drug-likeness (QED) is 0.861. The van der Waals surface area contributed by atoms with E-state index in [1.54, 1.807) is 0 Å². The number of carbonyl (C=O) groups is 1. The van der Waals surface area contributed by atoms with E-state index in [4.69, 9.17) is 16.1 Å². The summed E-state index contributed by atoms with van der Waals surface area (Å²) in [4.78, 5) is 18.7. The average molecular weight is 334 g/mol. The molecule has 1 fully saturated rings. The van der Waals surface area contributed by atoms with Crippen molar-refractivity contribution >= 4 is 17.5 Å². The van der Waals surface area contributed by atoms with E-state index < -0.39 is 0 Å². The molecule has 3 rings (SSSR count). The molecule has 1 amide bonds. The van der Waals surface area contributed by atoms with Crippen LogP contribution in [0.2, 0.25) is 5.02 Å². The lowest BCUT2D eigenvalue weighted by molar-refractivity contribution is -0.131. The summed E-state index contributed by atoms with van der Waals surface area (Å²) in [5.41, 5.74) is 0.992. The highest BCUT2D eigenvalue weighted by molar-refractivity contribution is 6.30. The van der Waals surface area contributed by atoms with Crippen molar-refractivity contribution in [2.24, 2.45) is 0 Å². The SMILES string of the molecule is CCc1noc(C2CCN(C(=O)Cc3ccc(Cl)cc3)CC2)n1. The van der Waals surface area contributed by atoms with Crippen LogP contribution in [0.3, 0.4) is 0 Å². The summed E-state index contributed by atoms with van der Waals surface area (Å²) >= 11 is 5.87. The van der Waals surface area contributed by atoms with E-state index in [2.05, 4.69) is 10.1 Å². The molecule has 2 aromatic rings. The average Bonchev–Trinajstić information content (AvgIpc) is 3.06. The van der Waals surface area contributed by atoms with Crippen LogP contribution in [0, 0.1) is 0 Å². The van der Waals surface area contributed by atoms with Gasteiger partial charge in [-0.25, -0.2) is 0 Å². The Morgan fingerprint density at radius 2 is 2.00 bits per heavy atom. The van der Waals surface area contributed by atoms with E-state index in [-0.39, 0.29) is 11.8 Å². The zero-order valence-electron chi connectivity index (χ0n) is 13.2. The predicted molar refractivity (Wildman–Crippen MR) is 87.4 cm³/mol. The monoisotopic (exact) mass is 333 g/mol. The standard InChI is InChI=1S/C17H20ClN3O2/c1-2-15-19-17(23-20-15)13-7-9-21(10-8-13)16(22)11-12-3-5-14(18)6-4-12/h3-6,13H,2,7-11H2,1H3. The van der Waals surface area contributed by atoms with Crippen LogP contribution in [0.25, 0.3) is 0 Å². The molecule has 0 atom stereocenters. The van der Waals surface area contributed by atoms with E-state index in [1.165, 1.54) is 0 Å². The van der Waals surface area contributed by atoms with Crippen LogP contribution in [0.5, 0.6) is 0 Å². The molecule has 1 aromatic heterocycles. The number of hydrogen-bond donors (Lipinski definition) is 0. The lowest BCUT2D eigenvalue weighted by atomic mass is 9.96. The van der Waals surface area contributed by atoms with Gasteiger partial charge in [-0.15, -0.1) is 0 Å². The maximum Gasteiger partial charge on any atom is 0.229 e. The van der Waals surface area contributed by atoms with Gasteiger partial charge in [-0.1, -0.05) is 35.8 Å². The van der Waals surface area contributed by atoms with Gasteiger partial charge in [0.2, 0.25) is 11.8 Å². The Bertz CT molecular complexity index is 661. The molecule has 1 saturated heterocycles. The summed E-state index contributed by atoms with van der Waals surface area (Å²) in [6.45, 7) is 3.48. The van der Waals surface area contributed by atoms with Crippen molar-refractivity contribution in [1.29, 1.82) is 0 Å². The molecule has 0 saturated carbocycles. The van der Waals surface area contributed by atoms with Crippen molar-refractivity contribution in [1.82, 2.24) is 15.0 Å². The van der Waals surface area contributed by atoms with E-state index in [9.17, 15) is 4.79 Å². The Morgan fingerprint density at radius 3 is 2.61 bits per heavy atom. The highest BCUT2D eigenvalue weighted by Crippen LogP contribution is 2.27. The number of carbonyl (C=O) groups excluding carboxylic acids is 1. The zero-order valence-corrected chi connectivity index (χ0v) is 13.9. The first kappa shape index (κ1) is 16.0. The fourth-order valence-electron chi connectivity index (χ4n) is 2.84. The summed E-state index contributed by atoms with van der Waals surface area (Å²) in [5.74, 6) is 1.89. The molecule has 1 aliphatic heterocycles. The molecular formula is C17H20ClN3O2. The van der Waals surface area contributed by atoms with Gasteiger partial charge in [0.05, 0.1) is 6.42 Å². The predicted octanol–water partition coefficient (Wildman–Crippen LogP) is 3.23. The second-order valence-electron chi connectivity index (χ2n) is 5.86. The van der Waals surface area contributed by atoms with Crippen LogP contribution in [-0.2, 0) is 17.6 Å².